The van der Waals surface area contributed by atoms with Gasteiger partial charge in [0.25, 0.3) is 0 Å². The molecule has 0 unspecified atom stereocenters. The number of rotatable bonds is 5. The van der Waals surface area contributed by atoms with Crippen molar-refractivity contribution in [1.82, 2.24) is 15.6 Å². The van der Waals surface area contributed by atoms with Crippen molar-refractivity contribution in [2.75, 3.05) is 11.4 Å². The van der Waals surface area contributed by atoms with E-state index in [1.54, 1.807) is 18.5 Å². The summed E-state index contributed by atoms with van der Waals surface area (Å²) >= 11 is 0. The van der Waals surface area contributed by atoms with E-state index in [4.69, 9.17) is 4.42 Å². The number of fused-ring (bicyclic) bond motifs is 1. The summed E-state index contributed by atoms with van der Waals surface area (Å²) in [5.41, 5.74) is 3.75. The summed E-state index contributed by atoms with van der Waals surface area (Å²) in [7, 11) is 0. The molecule has 6 heteroatoms. The zero-order chi connectivity index (χ0) is 18.5. The Morgan fingerprint density at radius 3 is 2.74 bits per heavy atom. The molecule has 0 radical (unpaired) electrons. The molecule has 1 aromatic carbocycles. The van der Waals surface area contributed by atoms with Crippen LogP contribution in [0, 0.1) is 0 Å². The van der Waals surface area contributed by atoms with Gasteiger partial charge in [-0.1, -0.05) is 30.3 Å². The SMILES string of the molecule is O=C(NCc1ccco1)NCc1cccnc1N1CCc2ccccc2C1. The quantitative estimate of drug-likeness (QED) is 0.731. The summed E-state index contributed by atoms with van der Waals surface area (Å²) in [5.74, 6) is 1.65. The monoisotopic (exact) mass is 362 g/mol. The number of pyridine rings is 1. The number of benzene rings is 1. The Kier molecular flexibility index (Phi) is 5.05. The van der Waals surface area contributed by atoms with Crippen LogP contribution in [0.5, 0.6) is 0 Å². The van der Waals surface area contributed by atoms with Gasteiger partial charge in [-0.2, -0.15) is 0 Å². The van der Waals surface area contributed by atoms with Gasteiger partial charge in [0.2, 0.25) is 0 Å². The Hall–Kier alpha value is -3.28. The Morgan fingerprint density at radius 2 is 1.89 bits per heavy atom. The van der Waals surface area contributed by atoms with Crippen molar-refractivity contribution in [3.8, 4) is 0 Å². The van der Waals surface area contributed by atoms with Gasteiger partial charge in [0, 0.05) is 31.4 Å². The third kappa shape index (κ3) is 4.11. The molecular formula is C21H22N4O2. The minimum absolute atomic E-state index is 0.231. The standard InChI is InChI=1S/C21H22N4O2/c26-21(24-14-19-8-4-12-27-19)23-13-17-7-3-10-22-20(17)25-11-9-16-5-1-2-6-18(16)15-25/h1-8,10,12H,9,11,13-15H2,(H2,23,24,26). The zero-order valence-corrected chi connectivity index (χ0v) is 15.0. The van der Waals surface area contributed by atoms with Crippen LogP contribution in [0.25, 0.3) is 0 Å². The molecule has 1 aliphatic heterocycles. The number of nitrogens with one attached hydrogen (secondary N) is 2. The predicted octanol–water partition coefficient (Wildman–Crippen LogP) is 3.24. The molecule has 0 saturated carbocycles. The van der Waals surface area contributed by atoms with Crippen LogP contribution >= 0.6 is 0 Å². The summed E-state index contributed by atoms with van der Waals surface area (Å²) in [6.07, 6.45) is 4.40. The number of hydrogen-bond donors (Lipinski definition) is 2. The summed E-state index contributed by atoms with van der Waals surface area (Å²) in [4.78, 5) is 18.9. The highest BCUT2D eigenvalue weighted by molar-refractivity contribution is 5.74. The summed E-state index contributed by atoms with van der Waals surface area (Å²) in [6.45, 7) is 2.55. The second-order valence-corrected chi connectivity index (χ2v) is 6.54. The fourth-order valence-corrected chi connectivity index (χ4v) is 3.35. The fourth-order valence-electron chi connectivity index (χ4n) is 3.35. The van der Waals surface area contributed by atoms with Crippen molar-refractivity contribution in [2.24, 2.45) is 0 Å². The molecule has 0 saturated heterocycles. The first kappa shape index (κ1) is 17.1. The van der Waals surface area contributed by atoms with Crippen LogP contribution in [0.3, 0.4) is 0 Å². The first-order chi connectivity index (χ1) is 13.3. The van der Waals surface area contributed by atoms with Crippen molar-refractivity contribution in [3.63, 3.8) is 0 Å². The molecule has 3 aromatic rings. The first-order valence-electron chi connectivity index (χ1n) is 9.09. The Bertz CT molecular complexity index is 908. The lowest BCUT2D eigenvalue weighted by atomic mass is 9.99. The van der Waals surface area contributed by atoms with Gasteiger partial charge in [-0.3, -0.25) is 0 Å². The largest absolute Gasteiger partial charge is 0.467 e. The van der Waals surface area contributed by atoms with E-state index in [1.807, 2.05) is 18.2 Å². The molecular weight excluding hydrogens is 340 g/mol. The summed E-state index contributed by atoms with van der Waals surface area (Å²) in [6, 6.07) is 15.8. The topological polar surface area (TPSA) is 70.4 Å². The lowest BCUT2D eigenvalue weighted by Gasteiger charge is -2.31. The van der Waals surface area contributed by atoms with Crippen LogP contribution < -0.4 is 15.5 Å². The van der Waals surface area contributed by atoms with Crippen LogP contribution in [-0.4, -0.2) is 17.6 Å². The molecule has 2 N–H and O–H groups in total. The number of carbonyl (C=O) groups is 1. The Balaban J connectivity index is 1.39. The number of aromatic nitrogens is 1. The number of hydrogen-bond acceptors (Lipinski definition) is 4. The number of anilines is 1. The molecule has 0 aliphatic carbocycles. The van der Waals surface area contributed by atoms with E-state index in [-0.39, 0.29) is 6.03 Å². The van der Waals surface area contributed by atoms with E-state index in [0.717, 1.165) is 36.7 Å². The van der Waals surface area contributed by atoms with Crippen LogP contribution in [0.4, 0.5) is 10.6 Å². The van der Waals surface area contributed by atoms with Crippen LogP contribution in [-0.2, 0) is 26.1 Å². The van der Waals surface area contributed by atoms with Crippen molar-refractivity contribution < 1.29 is 9.21 Å². The normalized spacial score (nSPS) is 13.1. The highest BCUT2D eigenvalue weighted by Crippen LogP contribution is 2.25. The fraction of sp³-hybridized carbons (Fsp3) is 0.238. The van der Waals surface area contributed by atoms with E-state index < -0.39 is 0 Å². The predicted molar refractivity (Wildman–Crippen MR) is 103 cm³/mol. The maximum Gasteiger partial charge on any atom is 0.315 e. The smallest absolute Gasteiger partial charge is 0.315 e. The van der Waals surface area contributed by atoms with Gasteiger partial charge in [0.05, 0.1) is 12.8 Å². The molecule has 0 spiro atoms. The van der Waals surface area contributed by atoms with Crippen LogP contribution in [0.2, 0.25) is 0 Å². The number of nitrogens with zero attached hydrogens (tertiary/aromatic N) is 2. The van der Waals surface area contributed by atoms with Gasteiger partial charge < -0.3 is 20.0 Å². The van der Waals surface area contributed by atoms with Gasteiger partial charge in [0.1, 0.15) is 11.6 Å². The van der Waals surface area contributed by atoms with Crippen molar-refractivity contribution in [3.05, 3.63) is 83.4 Å². The van der Waals surface area contributed by atoms with Crippen LogP contribution in [0.15, 0.2) is 65.4 Å². The molecule has 1 aliphatic rings. The van der Waals surface area contributed by atoms with Crippen molar-refractivity contribution >= 4 is 11.8 Å². The van der Waals surface area contributed by atoms with Gasteiger partial charge in [-0.05, 0) is 35.7 Å². The molecule has 0 bridgehead atoms. The lowest BCUT2D eigenvalue weighted by Crippen LogP contribution is -2.36. The lowest BCUT2D eigenvalue weighted by molar-refractivity contribution is 0.239. The molecule has 2 amide bonds. The molecule has 4 rings (SSSR count). The zero-order valence-electron chi connectivity index (χ0n) is 15.0. The van der Waals surface area contributed by atoms with Gasteiger partial charge in [-0.15, -0.1) is 0 Å². The number of furan rings is 1. The maximum atomic E-state index is 12.1. The van der Waals surface area contributed by atoms with Gasteiger partial charge in [0.15, 0.2) is 0 Å². The van der Waals surface area contributed by atoms with E-state index >= 15 is 0 Å². The Morgan fingerprint density at radius 1 is 1.04 bits per heavy atom. The van der Waals surface area contributed by atoms with E-state index in [1.165, 1.54) is 11.1 Å². The number of amides is 2. The number of carbonyl (C=O) groups excluding carboxylic acids is 1. The average Bonchev–Trinajstić information content (AvgIpc) is 3.24. The Labute approximate surface area is 158 Å². The summed E-state index contributed by atoms with van der Waals surface area (Å²) < 4.78 is 5.21. The van der Waals surface area contributed by atoms with E-state index in [9.17, 15) is 4.79 Å². The minimum Gasteiger partial charge on any atom is -0.467 e. The van der Waals surface area contributed by atoms with Crippen molar-refractivity contribution in [1.29, 1.82) is 0 Å². The molecule has 6 nitrogen and oxygen atoms in total. The van der Waals surface area contributed by atoms with E-state index in [2.05, 4.69) is 44.8 Å². The van der Waals surface area contributed by atoms with Gasteiger partial charge >= 0.3 is 6.03 Å². The second kappa shape index (κ2) is 7.95. The average molecular weight is 362 g/mol. The van der Waals surface area contributed by atoms with E-state index in [0.29, 0.717) is 13.1 Å². The minimum atomic E-state index is -0.231. The van der Waals surface area contributed by atoms with Crippen molar-refractivity contribution in [2.45, 2.75) is 26.1 Å². The first-order valence-corrected chi connectivity index (χ1v) is 9.09. The molecule has 0 atom stereocenters. The van der Waals surface area contributed by atoms with Crippen LogP contribution in [0.1, 0.15) is 22.5 Å². The highest BCUT2D eigenvalue weighted by Gasteiger charge is 2.19. The van der Waals surface area contributed by atoms with Gasteiger partial charge in [-0.25, -0.2) is 9.78 Å². The summed E-state index contributed by atoms with van der Waals surface area (Å²) in [5, 5.41) is 5.69. The molecule has 27 heavy (non-hydrogen) atoms. The molecule has 138 valence electrons. The third-order valence-electron chi connectivity index (χ3n) is 4.74. The molecule has 3 heterocycles. The number of urea groups is 1. The molecule has 0 fully saturated rings. The third-order valence-corrected chi connectivity index (χ3v) is 4.74. The second-order valence-electron chi connectivity index (χ2n) is 6.54. The highest BCUT2D eigenvalue weighted by atomic mass is 16.3. The maximum absolute atomic E-state index is 12.1. The molecule has 2 aromatic heterocycles.